The van der Waals surface area contributed by atoms with E-state index in [1.54, 1.807) is 24.5 Å². The highest BCUT2D eigenvalue weighted by Gasteiger charge is 2.21. The zero-order valence-corrected chi connectivity index (χ0v) is 13.8. The van der Waals surface area contributed by atoms with Crippen LogP contribution in [0.25, 0.3) is 11.4 Å². The number of hydrogen-bond acceptors (Lipinski definition) is 4. The van der Waals surface area contributed by atoms with Crippen LogP contribution in [-0.4, -0.2) is 33.0 Å². The van der Waals surface area contributed by atoms with E-state index >= 15 is 0 Å². The molecule has 3 aromatic rings. The number of pyridine rings is 1. The van der Waals surface area contributed by atoms with Crippen LogP contribution in [0.2, 0.25) is 0 Å². The summed E-state index contributed by atoms with van der Waals surface area (Å²) in [4.78, 5) is 8.80. The Morgan fingerprint density at radius 1 is 1.12 bits per heavy atom. The second-order valence-electron chi connectivity index (χ2n) is 6.31. The van der Waals surface area contributed by atoms with E-state index in [1.807, 2.05) is 16.8 Å². The first-order chi connectivity index (χ1) is 12.3. The molecule has 1 fully saturated rings. The summed E-state index contributed by atoms with van der Waals surface area (Å²) >= 11 is 0. The van der Waals surface area contributed by atoms with Crippen LogP contribution < -0.4 is 0 Å². The average molecular weight is 338 g/mol. The zero-order valence-electron chi connectivity index (χ0n) is 13.8. The lowest BCUT2D eigenvalue weighted by Crippen LogP contribution is -2.12. The number of ether oxygens (including phenoxy) is 1. The van der Waals surface area contributed by atoms with Crippen molar-refractivity contribution in [3.63, 3.8) is 0 Å². The van der Waals surface area contributed by atoms with Crippen LogP contribution in [0.1, 0.15) is 17.8 Å². The SMILES string of the molecule is Fc1ccc(Cn2nc(-c3ccncc3)nc2C[C@H]2CCOC2)cc1. The molecule has 3 heterocycles. The lowest BCUT2D eigenvalue weighted by atomic mass is 10.0. The molecule has 1 saturated heterocycles. The molecule has 0 radical (unpaired) electrons. The highest BCUT2D eigenvalue weighted by atomic mass is 19.1. The number of rotatable bonds is 5. The van der Waals surface area contributed by atoms with Gasteiger partial charge in [0.1, 0.15) is 11.6 Å². The summed E-state index contributed by atoms with van der Waals surface area (Å²) in [6, 6.07) is 10.3. The zero-order chi connectivity index (χ0) is 17.1. The second kappa shape index (κ2) is 7.11. The molecule has 0 unspecified atom stereocenters. The lowest BCUT2D eigenvalue weighted by Gasteiger charge is -2.09. The highest BCUT2D eigenvalue weighted by Crippen LogP contribution is 2.21. The Hall–Kier alpha value is -2.60. The Kier molecular flexibility index (Phi) is 4.52. The molecule has 1 aliphatic heterocycles. The van der Waals surface area contributed by atoms with Crippen molar-refractivity contribution in [2.24, 2.45) is 5.92 Å². The van der Waals surface area contributed by atoms with Crippen LogP contribution in [-0.2, 0) is 17.7 Å². The van der Waals surface area contributed by atoms with Crippen molar-refractivity contribution in [2.45, 2.75) is 19.4 Å². The maximum atomic E-state index is 13.1. The van der Waals surface area contributed by atoms with Crippen molar-refractivity contribution in [3.8, 4) is 11.4 Å². The number of aromatic nitrogens is 4. The predicted octanol–water partition coefficient (Wildman–Crippen LogP) is 3.11. The third-order valence-corrected chi connectivity index (χ3v) is 4.43. The predicted molar refractivity (Wildman–Crippen MR) is 91.4 cm³/mol. The maximum absolute atomic E-state index is 13.1. The van der Waals surface area contributed by atoms with E-state index in [2.05, 4.69) is 10.1 Å². The molecule has 4 rings (SSSR count). The minimum absolute atomic E-state index is 0.233. The van der Waals surface area contributed by atoms with E-state index < -0.39 is 0 Å². The Balaban J connectivity index is 1.64. The third-order valence-electron chi connectivity index (χ3n) is 4.43. The van der Waals surface area contributed by atoms with Crippen molar-refractivity contribution in [1.82, 2.24) is 19.7 Å². The van der Waals surface area contributed by atoms with Gasteiger partial charge in [0.15, 0.2) is 5.82 Å². The maximum Gasteiger partial charge on any atom is 0.181 e. The van der Waals surface area contributed by atoms with E-state index in [9.17, 15) is 4.39 Å². The van der Waals surface area contributed by atoms with Crippen molar-refractivity contribution in [1.29, 1.82) is 0 Å². The number of nitrogens with zero attached hydrogens (tertiary/aromatic N) is 4. The standard InChI is InChI=1S/C19H19FN4O/c20-17-3-1-14(2-4-17)12-24-18(11-15-7-10-25-13-15)22-19(23-24)16-5-8-21-9-6-16/h1-6,8-9,15H,7,10-13H2/t15-/m1/s1. The molecule has 2 aromatic heterocycles. The molecule has 0 spiro atoms. The van der Waals surface area contributed by atoms with Crippen molar-refractivity contribution >= 4 is 0 Å². The summed E-state index contributed by atoms with van der Waals surface area (Å²) in [5.74, 6) is 1.87. The molecule has 1 aliphatic rings. The van der Waals surface area contributed by atoms with E-state index in [4.69, 9.17) is 9.72 Å². The normalized spacial score (nSPS) is 17.1. The fourth-order valence-electron chi connectivity index (χ4n) is 3.04. The Bertz CT molecular complexity index is 826. The van der Waals surface area contributed by atoms with Crippen LogP contribution in [0.4, 0.5) is 4.39 Å². The quantitative estimate of drug-likeness (QED) is 0.717. The van der Waals surface area contributed by atoms with Gasteiger partial charge in [-0.2, -0.15) is 5.10 Å². The molecule has 1 aromatic carbocycles. The fraction of sp³-hybridized carbons (Fsp3) is 0.316. The largest absolute Gasteiger partial charge is 0.381 e. The Morgan fingerprint density at radius 3 is 2.64 bits per heavy atom. The number of benzene rings is 1. The number of halogens is 1. The first-order valence-electron chi connectivity index (χ1n) is 8.44. The van der Waals surface area contributed by atoms with Crippen LogP contribution in [0.15, 0.2) is 48.8 Å². The molecule has 0 N–H and O–H groups in total. The molecule has 128 valence electrons. The minimum atomic E-state index is -0.233. The fourth-order valence-corrected chi connectivity index (χ4v) is 3.04. The molecule has 0 amide bonds. The highest BCUT2D eigenvalue weighted by molar-refractivity contribution is 5.53. The van der Waals surface area contributed by atoms with Crippen molar-refractivity contribution in [3.05, 3.63) is 66.0 Å². The first-order valence-corrected chi connectivity index (χ1v) is 8.44. The average Bonchev–Trinajstić information content (AvgIpc) is 3.29. The summed E-state index contributed by atoms with van der Waals surface area (Å²) < 4.78 is 20.5. The molecular weight excluding hydrogens is 319 g/mol. The van der Waals surface area contributed by atoms with Gasteiger partial charge in [0.2, 0.25) is 0 Å². The van der Waals surface area contributed by atoms with E-state index in [0.717, 1.165) is 43.0 Å². The molecule has 5 nitrogen and oxygen atoms in total. The summed E-state index contributed by atoms with van der Waals surface area (Å²) in [5, 5.41) is 4.68. The summed E-state index contributed by atoms with van der Waals surface area (Å²) in [7, 11) is 0. The molecule has 25 heavy (non-hydrogen) atoms. The molecule has 1 atom stereocenters. The van der Waals surface area contributed by atoms with E-state index in [1.165, 1.54) is 12.1 Å². The topological polar surface area (TPSA) is 52.8 Å². The Labute approximate surface area is 145 Å². The van der Waals surface area contributed by atoms with Gasteiger partial charge < -0.3 is 4.74 Å². The first kappa shape index (κ1) is 15.9. The summed E-state index contributed by atoms with van der Waals surface area (Å²) in [6.45, 7) is 2.16. The van der Waals surface area contributed by atoms with Crippen LogP contribution in [0.3, 0.4) is 0 Å². The number of hydrogen-bond donors (Lipinski definition) is 0. The van der Waals surface area contributed by atoms with Gasteiger partial charge in [-0.3, -0.25) is 4.98 Å². The van der Waals surface area contributed by atoms with Gasteiger partial charge in [0.25, 0.3) is 0 Å². The van der Waals surface area contributed by atoms with E-state index in [0.29, 0.717) is 18.3 Å². The third kappa shape index (κ3) is 3.74. The molecule has 0 saturated carbocycles. The summed E-state index contributed by atoms with van der Waals surface area (Å²) in [5.41, 5.74) is 1.94. The van der Waals surface area contributed by atoms with Gasteiger partial charge in [0.05, 0.1) is 6.54 Å². The second-order valence-corrected chi connectivity index (χ2v) is 6.31. The Morgan fingerprint density at radius 2 is 1.92 bits per heavy atom. The monoisotopic (exact) mass is 338 g/mol. The van der Waals surface area contributed by atoms with Gasteiger partial charge in [-0.05, 0) is 42.2 Å². The van der Waals surface area contributed by atoms with Gasteiger partial charge in [-0.25, -0.2) is 14.1 Å². The van der Waals surface area contributed by atoms with Crippen molar-refractivity contribution < 1.29 is 9.13 Å². The van der Waals surface area contributed by atoms with Crippen LogP contribution in [0, 0.1) is 11.7 Å². The molecule has 6 heteroatoms. The minimum Gasteiger partial charge on any atom is -0.381 e. The van der Waals surface area contributed by atoms with E-state index in [-0.39, 0.29) is 5.82 Å². The lowest BCUT2D eigenvalue weighted by molar-refractivity contribution is 0.185. The summed E-state index contributed by atoms with van der Waals surface area (Å²) in [6.07, 6.45) is 5.36. The van der Waals surface area contributed by atoms with Gasteiger partial charge in [-0.1, -0.05) is 12.1 Å². The van der Waals surface area contributed by atoms with Gasteiger partial charge >= 0.3 is 0 Å². The smallest absolute Gasteiger partial charge is 0.181 e. The van der Waals surface area contributed by atoms with Crippen LogP contribution in [0.5, 0.6) is 0 Å². The van der Waals surface area contributed by atoms with Crippen LogP contribution >= 0.6 is 0 Å². The molecule has 0 bridgehead atoms. The molecule has 0 aliphatic carbocycles. The van der Waals surface area contributed by atoms with Crippen molar-refractivity contribution in [2.75, 3.05) is 13.2 Å². The van der Waals surface area contributed by atoms with Gasteiger partial charge in [-0.15, -0.1) is 0 Å². The van der Waals surface area contributed by atoms with Gasteiger partial charge in [0, 0.05) is 37.6 Å². The molecular formula is C19H19FN4O.